The average molecular weight is 242 g/mol. The van der Waals surface area contributed by atoms with Crippen LogP contribution in [0, 0.1) is 6.92 Å². The van der Waals surface area contributed by atoms with E-state index in [2.05, 4.69) is 37.0 Å². The zero-order valence-electron chi connectivity index (χ0n) is 11.3. The van der Waals surface area contributed by atoms with E-state index in [1.165, 1.54) is 40.6 Å². The molecule has 1 saturated carbocycles. The van der Waals surface area contributed by atoms with Gasteiger partial charge in [0.2, 0.25) is 0 Å². The lowest BCUT2D eigenvalue weighted by Gasteiger charge is -2.23. The van der Waals surface area contributed by atoms with Gasteiger partial charge >= 0.3 is 0 Å². The predicted octanol–water partition coefficient (Wildman–Crippen LogP) is 3.77. The Bertz CT molecular complexity index is 574. The number of benzene rings is 1. The van der Waals surface area contributed by atoms with Gasteiger partial charge in [-0.2, -0.15) is 0 Å². The Kier molecular flexibility index (Phi) is 2.70. The molecule has 2 aromatic rings. The quantitative estimate of drug-likeness (QED) is 0.827. The number of hydrogen-bond donors (Lipinski definition) is 2. The van der Waals surface area contributed by atoms with Crippen molar-refractivity contribution in [3.05, 3.63) is 35.0 Å². The SMILES string of the molecule is CCc1ccc2[nH]c(C3(N)CCCC3)c(C)c2c1. The van der Waals surface area contributed by atoms with Crippen molar-refractivity contribution >= 4 is 10.9 Å². The van der Waals surface area contributed by atoms with Crippen LogP contribution in [0.4, 0.5) is 0 Å². The first-order chi connectivity index (χ1) is 8.64. The molecule has 1 aliphatic rings. The van der Waals surface area contributed by atoms with Gasteiger partial charge in [0.1, 0.15) is 0 Å². The number of aromatic nitrogens is 1. The van der Waals surface area contributed by atoms with Crippen LogP contribution in [0.1, 0.15) is 49.4 Å². The lowest BCUT2D eigenvalue weighted by molar-refractivity contribution is 0.448. The molecule has 0 atom stereocenters. The third kappa shape index (κ3) is 1.67. The molecule has 18 heavy (non-hydrogen) atoms. The number of aromatic amines is 1. The fourth-order valence-corrected chi connectivity index (χ4v) is 3.35. The number of nitrogens with one attached hydrogen (secondary N) is 1. The molecule has 96 valence electrons. The molecule has 1 fully saturated rings. The second-order valence-electron chi connectivity index (χ2n) is 5.72. The molecule has 3 rings (SSSR count). The molecule has 0 spiro atoms. The molecule has 0 radical (unpaired) electrons. The van der Waals surface area contributed by atoms with Gasteiger partial charge in [-0.15, -0.1) is 0 Å². The summed E-state index contributed by atoms with van der Waals surface area (Å²) < 4.78 is 0. The minimum absolute atomic E-state index is 0.116. The van der Waals surface area contributed by atoms with Crippen LogP contribution in [0.15, 0.2) is 18.2 Å². The number of rotatable bonds is 2. The van der Waals surface area contributed by atoms with Crippen molar-refractivity contribution in [2.45, 2.75) is 51.5 Å². The lowest BCUT2D eigenvalue weighted by atomic mass is 9.91. The molecule has 0 unspecified atom stereocenters. The summed E-state index contributed by atoms with van der Waals surface area (Å²) in [6.45, 7) is 4.41. The van der Waals surface area contributed by atoms with E-state index < -0.39 is 0 Å². The summed E-state index contributed by atoms with van der Waals surface area (Å²) in [4.78, 5) is 3.57. The highest BCUT2D eigenvalue weighted by Gasteiger charge is 2.34. The molecular weight excluding hydrogens is 220 g/mol. The maximum Gasteiger partial charge on any atom is 0.0564 e. The van der Waals surface area contributed by atoms with Gasteiger partial charge in [-0.25, -0.2) is 0 Å². The standard InChI is InChI=1S/C16H22N2/c1-3-12-6-7-14-13(10-12)11(2)15(18-14)16(17)8-4-5-9-16/h6-7,10,18H,3-5,8-9,17H2,1-2H3. The summed E-state index contributed by atoms with van der Waals surface area (Å²) in [5.41, 5.74) is 11.7. The van der Waals surface area contributed by atoms with Crippen LogP contribution in [0.3, 0.4) is 0 Å². The topological polar surface area (TPSA) is 41.8 Å². The molecule has 1 heterocycles. The first-order valence-corrected chi connectivity index (χ1v) is 7.04. The van der Waals surface area contributed by atoms with Crippen LogP contribution >= 0.6 is 0 Å². The van der Waals surface area contributed by atoms with E-state index in [0.29, 0.717) is 0 Å². The molecular formula is C16H22N2. The Morgan fingerprint density at radius 3 is 2.67 bits per heavy atom. The van der Waals surface area contributed by atoms with E-state index >= 15 is 0 Å². The lowest BCUT2D eigenvalue weighted by Crippen LogP contribution is -2.34. The van der Waals surface area contributed by atoms with Gasteiger partial charge in [0.25, 0.3) is 0 Å². The Morgan fingerprint density at radius 1 is 1.28 bits per heavy atom. The fourth-order valence-electron chi connectivity index (χ4n) is 3.35. The van der Waals surface area contributed by atoms with Gasteiger partial charge in [0.15, 0.2) is 0 Å². The Morgan fingerprint density at radius 2 is 2.00 bits per heavy atom. The van der Waals surface area contributed by atoms with E-state index in [1.54, 1.807) is 0 Å². The van der Waals surface area contributed by atoms with Crippen LogP contribution in [0.2, 0.25) is 0 Å². The number of hydrogen-bond acceptors (Lipinski definition) is 1. The van der Waals surface area contributed by atoms with E-state index in [4.69, 9.17) is 5.73 Å². The molecule has 1 aliphatic carbocycles. The predicted molar refractivity (Wildman–Crippen MR) is 76.7 cm³/mol. The molecule has 3 N–H and O–H groups in total. The minimum atomic E-state index is -0.116. The highest BCUT2D eigenvalue weighted by atomic mass is 14.9. The summed E-state index contributed by atoms with van der Waals surface area (Å²) in [6.07, 6.45) is 5.82. The van der Waals surface area contributed by atoms with Gasteiger partial charge in [0.05, 0.1) is 5.54 Å². The second-order valence-corrected chi connectivity index (χ2v) is 5.72. The first-order valence-electron chi connectivity index (χ1n) is 7.04. The molecule has 2 nitrogen and oxygen atoms in total. The van der Waals surface area contributed by atoms with Crippen molar-refractivity contribution in [3.63, 3.8) is 0 Å². The average Bonchev–Trinajstić information content (AvgIpc) is 2.95. The smallest absolute Gasteiger partial charge is 0.0564 e. The van der Waals surface area contributed by atoms with Crippen LogP contribution < -0.4 is 5.73 Å². The highest BCUT2D eigenvalue weighted by Crippen LogP contribution is 2.39. The third-order valence-corrected chi connectivity index (χ3v) is 4.52. The summed E-state index contributed by atoms with van der Waals surface area (Å²) in [5.74, 6) is 0. The molecule has 0 amide bonds. The monoisotopic (exact) mass is 242 g/mol. The van der Waals surface area contributed by atoms with Gasteiger partial charge in [-0.1, -0.05) is 25.8 Å². The van der Waals surface area contributed by atoms with Crippen molar-refractivity contribution in [2.24, 2.45) is 5.73 Å². The van der Waals surface area contributed by atoms with E-state index in [1.807, 2.05) is 0 Å². The van der Waals surface area contributed by atoms with Gasteiger partial charge in [-0.05, 0) is 49.4 Å². The Hall–Kier alpha value is -1.28. The number of aryl methyl sites for hydroxylation is 2. The first kappa shape index (κ1) is 11.8. The Labute approximate surface area is 109 Å². The van der Waals surface area contributed by atoms with E-state index in [9.17, 15) is 0 Å². The third-order valence-electron chi connectivity index (χ3n) is 4.52. The Balaban J connectivity index is 2.16. The highest BCUT2D eigenvalue weighted by molar-refractivity contribution is 5.85. The van der Waals surface area contributed by atoms with Crippen LogP contribution in [0.5, 0.6) is 0 Å². The van der Waals surface area contributed by atoms with E-state index in [0.717, 1.165) is 19.3 Å². The van der Waals surface area contributed by atoms with Gasteiger partial charge < -0.3 is 10.7 Å². The van der Waals surface area contributed by atoms with Crippen molar-refractivity contribution in [1.29, 1.82) is 0 Å². The van der Waals surface area contributed by atoms with Crippen molar-refractivity contribution < 1.29 is 0 Å². The van der Waals surface area contributed by atoms with Gasteiger partial charge in [0, 0.05) is 16.6 Å². The second kappa shape index (κ2) is 4.13. The van der Waals surface area contributed by atoms with Crippen molar-refractivity contribution in [3.8, 4) is 0 Å². The normalized spacial score (nSPS) is 18.6. The fraction of sp³-hybridized carbons (Fsp3) is 0.500. The number of fused-ring (bicyclic) bond motifs is 1. The van der Waals surface area contributed by atoms with Crippen LogP contribution in [0.25, 0.3) is 10.9 Å². The van der Waals surface area contributed by atoms with Crippen molar-refractivity contribution in [1.82, 2.24) is 4.98 Å². The summed E-state index contributed by atoms with van der Waals surface area (Å²) in [6, 6.07) is 6.71. The van der Waals surface area contributed by atoms with Gasteiger partial charge in [-0.3, -0.25) is 0 Å². The molecule has 0 aliphatic heterocycles. The van der Waals surface area contributed by atoms with Crippen molar-refractivity contribution in [2.75, 3.05) is 0 Å². The minimum Gasteiger partial charge on any atom is -0.357 e. The maximum absolute atomic E-state index is 6.58. The summed E-state index contributed by atoms with van der Waals surface area (Å²) in [5, 5.41) is 1.35. The molecule has 1 aromatic carbocycles. The maximum atomic E-state index is 6.58. The zero-order chi connectivity index (χ0) is 12.8. The molecule has 0 bridgehead atoms. The van der Waals surface area contributed by atoms with Crippen LogP contribution in [-0.2, 0) is 12.0 Å². The molecule has 0 saturated heterocycles. The summed E-state index contributed by atoms with van der Waals surface area (Å²) >= 11 is 0. The van der Waals surface area contributed by atoms with E-state index in [-0.39, 0.29) is 5.54 Å². The zero-order valence-corrected chi connectivity index (χ0v) is 11.3. The van der Waals surface area contributed by atoms with Crippen LogP contribution in [-0.4, -0.2) is 4.98 Å². The number of H-pyrrole nitrogens is 1. The summed E-state index contributed by atoms with van der Waals surface area (Å²) in [7, 11) is 0. The largest absolute Gasteiger partial charge is 0.357 e. The molecule has 2 heteroatoms. The molecule has 1 aromatic heterocycles. The number of nitrogens with two attached hydrogens (primary N) is 1.